The van der Waals surface area contributed by atoms with Gasteiger partial charge in [0.1, 0.15) is 5.84 Å². The van der Waals surface area contributed by atoms with E-state index in [2.05, 4.69) is 10.00 Å². The van der Waals surface area contributed by atoms with Crippen LogP contribution in [0, 0.1) is 12.3 Å². The molecule has 0 saturated carbocycles. The molecule has 2 rings (SSSR count). The average Bonchev–Trinajstić information content (AvgIpc) is 2.65. The first-order valence-electron chi connectivity index (χ1n) is 6.23. The molecule has 1 aromatic heterocycles. The van der Waals surface area contributed by atoms with Gasteiger partial charge in [-0.1, -0.05) is 11.6 Å². The number of nitrogens with one attached hydrogen (secondary N) is 1. The van der Waals surface area contributed by atoms with Gasteiger partial charge in [-0.3, -0.25) is 10.1 Å². The third kappa shape index (κ3) is 2.77. The van der Waals surface area contributed by atoms with Crippen molar-refractivity contribution in [3.05, 3.63) is 46.2 Å². The lowest BCUT2D eigenvalue weighted by molar-refractivity contribution is 0.694. The van der Waals surface area contributed by atoms with E-state index in [9.17, 15) is 0 Å². The van der Waals surface area contributed by atoms with E-state index < -0.39 is 0 Å². The second kappa shape index (κ2) is 5.54. The number of nitrogens with zero attached hydrogens (tertiary/aromatic N) is 3. The zero-order valence-electron chi connectivity index (χ0n) is 11.8. The van der Waals surface area contributed by atoms with Crippen LogP contribution in [0.25, 0.3) is 0 Å². The first kappa shape index (κ1) is 14.4. The summed E-state index contributed by atoms with van der Waals surface area (Å²) in [6.07, 6.45) is 0. The molecule has 3 N–H and O–H groups in total. The van der Waals surface area contributed by atoms with Gasteiger partial charge < -0.3 is 10.6 Å². The Labute approximate surface area is 123 Å². The van der Waals surface area contributed by atoms with Crippen molar-refractivity contribution >= 4 is 23.1 Å². The fourth-order valence-electron chi connectivity index (χ4n) is 2.06. The van der Waals surface area contributed by atoms with Crippen molar-refractivity contribution in [2.24, 2.45) is 12.8 Å². The summed E-state index contributed by atoms with van der Waals surface area (Å²) < 4.78 is 1.80. The van der Waals surface area contributed by atoms with Gasteiger partial charge in [-0.25, -0.2) is 0 Å². The normalized spacial score (nSPS) is 10.6. The summed E-state index contributed by atoms with van der Waals surface area (Å²) in [5.74, 6) is 0.0736. The first-order valence-corrected chi connectivity index (χ1v) is 6.61. The molecule has 1 heterocycles. The smallest absolute Gasteiger partial charge is 0.122 e. The van der Waals surface area contributed by atoms with Gasteiger partial charge in [0.25, 0.3) is 0 Å². The molecule has 20 heavy (non-hydrogen) atoms. The van der Waals surface area contributed by atoms with Crippen molar-refractivity contribution in [3.63, 3.8) is 0 Å². The lowest BCUT2D eigenvalue weighted by Gasteiger charge is -2.20. The van der Waals surface area contributed by atoms with Gasteiger partial charge in [-0.2, -0.15) is 5.10 Å². The van der Waals surface area contributed by atoms with Crippen LogP contribution >= 0.6 is 11.6 Å². The SMILES string of the molecule is Cc1nn(C)c(CN(C)c2ccc(C(=N)N)cc2)c1Cl. The van der Waals surface area contributed by atoms with E-state index in [4.69, 9.17) is 22.7 Å². The summed E-state index contributed by atoms with van der Waals surface area (Å²) in [5, 5.41) is 12.4. The Hall–Kier alpha value is -2.01. The Morgan fingerprint density at radius 1 is 1.40 bits per heavy atom. The van der Waals surface area contributed by atoms with Crippen molar-refractivity contribution < 1.29 is 0 Å². The predicted octanol–water partition coefficient (Wildman–Crippen LogP) is 2.30. The van der Waals surface area contributed by atoms with Gasteiger partial charge in [-0.15, -0.1) is 0 Å². The summed E-state index contributed by atoms with van der Waals surface area (Å²) in [6.45, 7) is 2.56. The average molecular weight is 292 g/mol. The van der Waals surface area contributed by atoms with E-state index in [1.807, 2.05) is 45.3 Å². The quantitative estimate of drug-likeness (QED) is 0.671. The number of nitrogens with two attached hydrogens (primary N) is 1. The van der Waals surface area contributed by atoms with Crippen molar-refractivity contribution in [3.8, 4) is 0 Å². The molecule has 0 aliphatic carbocycles. The highest BCUT2D eigenvalue weighted by molar-refractivity contribution is 6.31. The maximum Gasteiger partial charge on any atom is 0.122 e. The van der Waals surface area contributed by atoms with E-state index >= 15 is 0 Å². The molecule has 2 aromatic rings. The van der Waals surface area contributed by atoms with E-state index in [1.165, 1.54) is 0 Å². The van der Waals surface area contributed by atoms with Gasteiger partial charge >= 0.3 is 0 Å². The van der Waals surface area contributed by atoms with Crippen LogP contribution in [0.4, 0.5) is 5.69 Å². The molecule has 5 nitrogen and oxygen atoms in total. The molecule has 0 aliphatic heterocycles. The van der Waals surface area contributed by atoms with E-state index in [-0.39, 0.29) is 5.84 Å². The molecule has 0 fully saturated rings. The van der Waals surface area contributed by atoms with E-state index in [1.54, 1.807) is 4.68 Å². The van der Waals surface area contributed by atoms with Gasteiger partial charge in [-0.05, 0) is 31.2 Å². The molecule has 0 saturated heterocycles. The van der Waals surface area contributed by atoms with Crippen molar-refractivity contribution in [2.75, 3.05) is 11.9 Å². The number of aromatic nitrogens is 2. The van der Waals surface area contributed by atoms with Gasteiger partial charge in [0.2, 0.25) is 0 Å². The van der Waals surface area contributed by atoms with Crippen LogP contribution in [0.5, 0.6) is 0 Å². The van der Waals surface area contributed by atoms with Crippen LogP contribution in [0.3, 0.4) is 0 Å². The molecule has 0 unspecified atom stereocenters. The van der Waals surface area contributed by atoms with Gasteiger partial charge in [0, 0.05) is 25.3 Å². The number of hydrogen-bond donors (Lipinski definition) is 2. The van der Waals surface area contributed by atoms with Crippen molar-refractivity contribution in [1.29, 1.82) is 5.41 Å². The zero-order chi connectivity index (χ0) is 14.9. The lowest BCUT2D eigenvalue weighted by atomic mass is 10.2. The van der Waals surface area contributed by atoms with Crippen LogP contribution < -0.4 is 10.6 Å². The highest BCUT2D eigenvalue weighted by Gasteiger charge is 2.13. The Balaban J connectivity index is 2.19. The summed E-state index contributed by atoms with van der Waals surface area (Å²) in [4.78, 5) is 2.08. The van der Waals surface area contributed by atoms with E-state index in [0.717, 1.165) is 22.6 Å². The minimum absolute atomic E-state index is 0.0736. The lowest BCUT2D eigenvalue weighted by Crippen LogP contribution is -2.19. The van der Waals surface area contributed by atoms with Crippen LogP contribution in [-0.2, 0) is 13.6 Å². The highest BCUT2D eigenvalue weighted by atomic mass is 35.5. The van der Waals surface area contributed by atoms with Crippen LogP contribution in [0.2, 0.25) is 5.02 Å². The summed E-state index contributed by atoms with van der Waals surface area (Å²) in [5.41, 5.74) is 9.01. The fourth-order valence-corrected chi connectivity index (χ4v) is 2.28. The van der Waals surface area contributed by atoms with E-state index in [0.29, 0.717) is 11.6 Å². The number of nitrogen functional groups attached to an aromatic ring is 1. The molecule has 6 heteroatoms. The number of anilines is 1. The zero-order valence-corrected chi connectivity index (χ0v) is 12.6. The second-order valence-electron chi connectivity index (χ2n) is 4.79. The highest BCUT2D eigenvalue weighted by Crippen LogP contribution is 2.23. The minimum atomic E-state index is 0.0736. The Morgan fingerprint density at radius 3 is 2.45 bits per heavy atom. The predicted molar refractivity (Wildman–Crippen MR) is 82.5 cm³/mol. The molecule has 0 atom stereocenters. The fraction of sp³-hybridized carbons (Fsp3) is 0.286. The number of benzene rings is 1. The number of hydrogen-bond acceptors (Lipinski definition) is 3. The summed E-state index contributed by atoms with van der Waals surface area (Å²) >= 11 is 6.26. The number of aryl methyl sites for hydroxylation is 2. The number of halogens is 1. The molecule has 0 bridgehead atoms. The third-order valence-electron chi connectivity index (χ3n) is 3.27. The van der Waals surface area contributed by atoms with Crippen LogP contribution in [0.15, 0.2) is 24.3 Å². The summed E-state index contributed by atoms with van der Waals surface area (Å²) in [6, 6.07) is 7.55. The first-order chi connectivity index (χ1) is 9.40. The molecule has 0 amide bonds. The van der Waals surface area contributed by atoms with Crippen LogP contribution in [0.1, 0.15) is 17.0 Å². The standard InChI is InChI=1S/C14H18ClN5/c1-9-13(15)12(20(3)18-9)8-19(2)11-6-4-10(5-7-11)14(16)17/h4-7H,8H2,1-3H3,(H3,16,17). The number of amidine groups is 1. The van der Waals surface area contributed by atoms with Gasteiger partial charge in [0.05, 0.1) is 23.0 Å². The van der Waals surface area contributed by atoms with Crippen molar-refractivity contribution in [2.45, 2.75) is 13.5 Å². The Morgan fingerprint density at radius 2 is 2.00 bits per heavy atom. The molecular formula is C14H18ClN5. The maximum absolute atomic E-state index is 7.39. The Bertz CT molecular complexity index is 630. The molecule has 0 radical (unpaired) electrons. The minimum Gasteiger partial charge on any atom is -0.384 e. The van der Waals surface area contributed by atoms with Crippen LogP contribution in [-0.4, -0.2) is 22.7 Å². The second-order valence-corrected chi connectivity index (χ2v) is 5.16. The molecule has 0 spiro atoms. The summed E-state index contributed by atoms with van der Waals surface area (Å²) in [7, 11) is 3.88. The molecule has 106 valence electrons. The third-order valence-corrected chi connectivity index (χ3v) is 3.76. The molecule has 1 aromatic carbocycles. The maximum atomic E-state index is 7.39. The molecular weight excluding hydrogens is 274 g/mol. The topological polar surface area (TPSA) is 70.9 Å². The Kier molecular flexibility index (Phi) is 3.99. The largest absolute Gasteiger partial charge is 0.384 e. The molecule has 0 aliphatic rings. The number of rotatable bonds is 4. The van der Waals surface area contributed by atoms with Crippen molar-refractivity contribution in [1.82, 2.24) is 9.78 Å². The van der Waals surface area contributed by atoms with Gasteiger partial charge in [0.15, 0.2) is 0 Å². The monoisotopic (exact) mass is 291 g/mol.